The molecule has 1 saturated carbocycles. The van der Waals surface area contributed by atoms with Gasteiger partial charge in [-0.1, -0.05) is 25.3 Å². The molecule has 0 spiro atoms. The zero-order chi connectivity index (χ0) is 19.2. The van der Waals surface area contributed by atoms with Gasteiger partial charge in [0.05, 0.1) is 12.1 Å². The van der Waals surface area contributed by atoms with E-state index in [1.165, 1.54) is 36.2 Å². The molecule has 144 valence electrons. The third kappa shape index (κ3) is 5.79. The maximum Gasteiger partial charge on any atom is 0.321 e. The van der Waals surface area contributed by atoms with Gasteiger partial charge in [-0.25, -0.2) is 9.78 Å². The summed E-state index contributed by atoms with van der Waals surface area (Å²) in [7, 11) is 0. The van der Waals surface area contributed by atoms with Gasteiger partial charge in [-0.05, 0) is 49.9 Å². The monoisotopic (exact) mass is 386 g/mol. The molecule has 1 aromatic carbocycles. The van der Waals surface area contributed by atoms with Crippen LogP contribution in [0.25, 0.3) is 0 Å². The van der Waals surface area contributed by atoms with Gasteiger partial charge in [0.25, 0.3) is 0 Å². The quantitative estimate of drug-likeness (QED) is 0.712. The van der Waals surface area contributed by atoms with E-state index in [0.717, 1.165) is 24.1 Å². The summed E-state index contributed by atoms with van der Waals surface area (Å²) in [6.45, 7) is 4.05. The van der Waals surface area contributed by atoms with E-state index >= 15 is 0 Å². The lowest BCUT2D eigenvalue weighted by atomic mass is 9.96. The van der Waals surface area contributed by atoms with Crippen LogP contribution in [0.2, 0.25) is 0 Å². The summed E-state index contributed by atoms with van der Waals surface area (Å²) in [5.74, 6) is -0.123. The third-order valence-electron chi connectivity index (χ3n) is 4.84. The summed E-state index contributed by atoms with van der Waals surface area (Å²) in [5, 5.41) is 11.0. The molecule has 1 fully saturated rings. The Kier molecular flexibility index (Phi) is 6.45. The van der Waals surface area contributed by atoms with Gasteiger partial charge in [-0.2, -0.15) is 0 Å². The van der Waals surface area contributed by atoms with Gasteiger partial charge in [0, 0.05) is 17.1 Å². The summed E-state index contributed by atoms with van der Waals surface area (Å²) in [6.07, 6.45) is 5.84. The number of anilines is 2. The number of rotatable bonds is 5. The first-order valence-corrected chi connectivity index (χ1v) is 10.3. The van der Waals surface area contributed by atoms with E-state index in [9.17, 15) is 9.59 Å². The van der Waals surface area contributed by atoms with Crippen molar-refractivity contribution in [2.45, 2.75) is 58.4 Å². The highest BCUT2D eigenvalue weighted by molar-refractivity contribution is 7.13. The molecule has 2 aromatic rings. The van der Waals surface area contributed by atoms with Gasteiger partial charge in [-0.15, -0.1) is 11.3 Å². The second-order valence-corrected chi connectivity index (χ2v) is 7.96. The van der Waals surface area contributed by atoms with Crippen LogP contribution in [0.1, 0.15) is 48.9 Å². The van der Waals surface area contributed by atoms with Crippen LogP contribution in [0.15, 0.2) is 23.6 Å². The number of benzene rings is 1. The zero-order valence-electron chi connectivity index (χ0n) is 15.8. The third-order valence-corrected chi connectivity index (χ3v) is 5.65. The van der Waals surface area contributed by atoms with E-state index < -0.39 is 0 Å². The molecule has 0 unspecified atom stereocenters. The van der Waals surface area contributed by atoms with Crippen LogP contribution in [-0.2, 0) is 11.2 Å². The Labute approximate surface area is 163 Å². The van der Waals surface area contributed by atoms with Crippen molar-refractivity contribution in [3.8, 4) is 0 Å². The molecular formula is C20H26N4O2S. The molecule has 1 aromatic heterocycles. The van der Waals surface area contributed by atoms with Crippen LogP contribution >= 0.6 is 11.3 Å². The minimum atomic E-state index is -0.220. The van der Waals surface area contributed by atoms with E-state index in [1.54, 1.807) is 5.38 Å². The molecule has 27 heavy (non-hydrogen) atoms. The Hall–Kier alpha value is -2.41. The minimum Gasteiger partial charge on any atom is -0.335 e. The summed E-state index contributed by atoms with van der Waals surface area (Å²) in [4.78, 5) is 28.6. The molecule has 6 nitrogen and oxygen atoms in total. The maximum absolute atomic E-state index is 12.2. The van der Waals surface area contributed by atoms with Gasteiger partial charge < -0.3 is 10.6 Å². The second kappa shape index (κ2) is 8.99. The predicted molar refractivity (Wildman–Crippen MR) is 109 cm³/mol. The van der Waals surface area contributed by atoms with E-state index in [-0.39, 0.29) is 24.4 Å². The molecule has 0 atom stereocenters. The number of nitrogens with one attached hydrogen (secondary N) is 3. The fourth-order valence-electron chi connectivity index (χ4n) is 3.20. The molecular weight excluding hydrogens is 360 g/mol. The van der Waals surface area contributed by atoms with Gasteiger partial charge >= 0.3 is 6.03 Å². The van der Waals surface area contributed by atoms with Crippen LogP contribution in [0.3, 0.4) is 0 Å². The first kappa shape index (κ1) is 19.4. The maximum atomic E-state index is 12.2. The van der Waals surface area contributed by atoms with Crippen LogP contribution < -0.4 is 16.0 Å². The van der Waals surface area contributed by atoms with E-state index in [4.69, 9.17) is 0 Å². The van der Waals surface area contributed by atoms with Crippen molar-refractivity contribution in [1.29, 1.82) is 0 Å². The van der Waals surface area contributed by atoms with Gasteiger partial charge in [-0.3, -0.25) is 10.1 Å². The van der Waals surface area contributed by atoms with Gasteiger partial charge in [0.15, 0.2) is 5.13 Å². The molecule has 1 aliphatic carbocycles. The normalized spacial score (nSPS) is 14.6. The Morgan fingerprint density at radius 1 is 1.11 bits per heavy atom. The number of urea groups is 1. The second-order valence-electron chi connectivity index (χ2n) is 7.10. The lowest BCUT2D eigenvalue weighted by molar-refractivity contribution is -0.115. The highest BCUT2D eigenvalue weighted by atomic mass is 32.1. The molecule has 3 N–H and O–H groups in total. The Balaban J connectivity index is 1.48. The lowest BCUT2D eigenvalue weighted by Gasteiger charge is -2.22. The highest BCUT2D eigenvalue weighted by Gasteiger charge is 2.16. The number of thiazole rings is 1. The smallest absolute Gasteiger partial charge is 0.321 e. The van der Waals surface area contributed by atoms with Crippen LogP contribution in [-0.4, -0.2) is 23.0 Å². The minimum absolute atomic E-state index is 0.123. The van der Waals surface area contributed by atoms with Crippen molar-refractivity contribution < 1.29 is 9.59 Å². The summed E-state index contributed by atoms with van der Waals surface area (Å²) in [6, 6.07) is 5.87. The van der Waals surface area contributed by atoms with Gasteiger partial charge in [0.2, 0.25) is 5.91 Å². The number of hydrogen-bond donors (Lipinski definition) is 3. The van der Waals surface area contributed by atoms with Crippen molar-refractivity contribution in [1.82, 2.24) is 10.3 Å². The topological polar surface area (TPSA) is 83.1 Å². The molecule has 0 saturated heterocycles. The highest BCUT2D eigenvalue weighted by Crippen LogP contribution is 2.19. The molecule has 3 amide bonds. The Morgan fingerprint density at radius 3 is 2.63 bits per heavy atom. The molecule has 3 rings (SSSR count). The Morgan fingerprint density at radius 2 is 1.89 bits per heavy atom. The predicted octanol–water partition coefficient (Wildman–Crippen LogP) is 4.40. The van der Waals surface area contributed by atoms with Crippen LogP contribution in [0, 0.1) is 13.8 Å². The number of aromatic nitrogens is 1. The van der Waals surface area contributed by atoms with Crippen molar-refractivity contribution >= 4 is 34.1 Å². The van der Waals surface area contributed by atoms with Crippen molar-refractivity contribution in [2.75, 3.05) is 10.6 Å². The van der Waals surface area contributed by atoms with Gasteiger partial charge in [0.1, 0.15) is 0 Å². The molecule has 0 aliphatic heterocycles. The van der Waals surface area contributed by atoms with Crippen molar-refractivity contribution in [3.05, 3.63) is 40.4 Å². The standard InChI is InChI=1S/C20H26N4O2S/c1-13-8-9-16(10-14(13)2)21-18(25)11-17-12-27-20(23-17)24-19(26)22-15-6-4-3-5-7-15/h8-10,12,15H,3-7,11H2,1-2H3,(H,21,25)(H2,22,23,24,26). The molecule has 1 aliphatic rings. The first-order chi connectivity index (χ1) is 13.0. The number of carbonyl (C=O) groups excluding carboxylic acids is 2. The molecule has 0 radical (unpaired) electrons. The molecule has 0 bridgehead atoms. The number of aryl methyl sites for hydroxylation is 2. The number of nitrogens with zero attached hydrogens (tertiary/aromatic N) is 1. The number of carbonyl (C=O) groups is 2. The van der Waals surface area contributed by atoms with E-state index in [0.29, 0.717) is 10.8 Å². The number of hydrogen-bond acceptors (Lipinski definition) is 4. The zero-order valence-corrected chi connectivity index (χ0v) is 16.6. The van der Waals surface area contributed by atoms with Crippen molar-refractivity contribution in [2.24, 2.45) is 0 Å². The van der Waals surface area contributed by atoms with Crippen LogP contribution in [0.5, 0.6) is 0 Å². The number of amides is 3. The summed E-state index contributed by atoms with van der Waals surface area (Å²) >= 11 is 1.33. The van der Waals surface area contributed by atoms with E-state index in [1.807, 2.05) is 32.0 Å². The van der Waals surface area contributed by atoms with E-state index in [2.05, 4.69) is 20.9 Å². The Bertz CT molecular complexity index is 812. The average molecular weight is 387 g/mol. The first-order valence-electron chi connectivity index (χ1n) is 9.38. The largest absolute Gasteiger partial charge is 0.335 e. The fraction of sp³-hybridized carbons (Fsp3) is 0.450. The lowest BCUT2D eigenvalue weighted by Crippen LogP contribution is -2.39. The SMILES string of the molecule is Cc1ccc(NC(=O)Cc2csc(NC(=O)NC3CCCCC3)n2)cc1C. The fourth-order valence-corrected chi connectivity index (χ4v) is 3.91. The van der Waals surface area contributed by atoms with Crippen molar-refractivity contribution in [3.63, 3.8) is 0 Å². The summed E-state index contributed by atoms with van der Waals surface area (Å²) < 4.78 is 0. The molecule has 7 heteroatoms. The summed E-state index contributed by atoms with van der Waals surface area (Å²) in [5.41, 5.74) is 3.75. The van der Waals surface area contributed by atoms with Crippen LogP contribution in [0.4, 0.5) is 15.6 Å². The molecule has 1 heterocycles. The average Bonchev–Trinajstić information content (AvgIpc) is 3.05.